The zero-order valence-electron chi connectivity index (χ0n) is 9.31. The van der Waals surface area contributed by atoms with Crippen molar-refractivity contribution in [2.24, 2.45) is 0 Å². The van der Waals surface area contributed by atoms with Crippen LogP contribution in [0, 0.1) is 22.5 Å². The predicted octanol–water partition coefficient (Wildman–Crippen LogP) is 2.86. The van der Waals surface area contributed by atoms with Crippen LogP contribution < -0.4 is 5.32 Å². The number of hydrogen-bond acceptors (Lipinski definition) is 4. The largest absolute Gasteiger partial charge is 0.351 e. The van der Waals surface area contributed by atoms with E-state index in [1.165, 1.54) is 12.3 Å². The van der Waals surface area contributed by atoms with Gasteiger partial charge in [0.05, 0.1) is 16.0 Å². The molecular weight excluding hydrogens is 242 g/mol. The Kier molecular flexibility index (Phi) is 4.73. The highest BCUT2D eigenvalue weighted by atomic mass is 35.5. The molecule has 1 atom stereocenters. The van der Waals surface area contributed by atoms with Crippen LogP contribution in [0.15, 0.2) is 12.3 Å². The number of halogens is 1. The Balaban J connectivity index is 2.98. The number of rotatable bonds is 5. The molecule has 17 heavy (non-hydrogen) atoms. The lowest BCUT2D eigenvalue weighted by atomic mass is 10.2. The Hall–Kier alpha value is -1.80. The Bertz CT molecular complexity index is 457. The average molecular weight is 254 g/mol. The molecule has 0 bridgehead atoms. The van der Waals surface area contributed by atoms with Gasteiger partial charge in [-0.1, -0.05) is 30.9 Å². The molecule has 0 saturated carbocycles. The average Bonchev–Trinajstić information content (AvgIpc) is 2.30. The fraction of sp³-hybridized carbons (Fsp3) is 0.364. The van der Waals surface area contributed by atoms with Gasteiger partial charge in [0.25, 0.3) is 0 Å². The summed E-state index contributed by atoms with van der Waals surface area (Å²) in [7, 11) is 0. The number of hydrogen-bond donors (Lipinski definition) is 1. The molecule has 0 saturated heterocycles. The highest BCUT2D eigenvalue weighted by molar-refractivity contribution is 6.30. The van der Waals surface area contributed by atoms with Crippen LogP contribution in [-0.2, 0) is 0 Å². The van der Waals surface area contributed by atoms with E-state index in [0.29, 0.717) is 0 Å². The van der Waals surface area contributed by atoms with Crippen molar-refractivity contribution in [1.82, 2.24) is 4.98 Å². The van der Waals surface area contributed by atoms with Gasteiger partial charge in [-0.2, -0.15) is 0 Å². The normalized spacial score (nSPS) is 11.6. The minimum Gasteiger partial charge on any atom is -0.351 e. The van der Waals surface area contributed by atoms with Crippen LogP contribution in [0.3, 0.4) is 0 Å². The fourth-order valence-electron chi connectivity index (χ4n) is 1.33. The maximum atomic E-state index is 10.8. The third kappa shape index (κ3) is 3.61. The van der Waals surface area contributed by atoms with Crippen molar-refractivity contribution in [2.45, 2.75) is 25.8 Å². The summed E-state index contributed by atoms with van der Waals surface area (Å²) in [6.07, 6.45) is 8.27. The van der Waals surface area contributed by atoms with Crippen LogP contribution >= 0.6 is 11.6 Å². The van der Waals surface area contributed by atoms with Crippen LogP contribution in [0.1, 0.15) is 19.8 Å². The second kappa shape index (κ2) is 6.06. The van der Waals surface area contributed by atoms with Crippen LogP contribution in [-0.4, -0.2) is 15.9 Å². The Morgan fingerprint density at radius 1 is 1.76 bits per heavy atom. The summed E-state index contributed by atoms with van der Waals surface area (Å²) in [5.74, 6) is 2.67. The Labute approximate surface area is 104 Å². The van der Waals surface area contributed by atoms with Gasteiger partial charge in [0, 0.05) is 12.3 Å². The summed E-state index contributed by atoms with van der Waals surface area (Å²) >= 11 is 5.66. The molecule has 0 aromatic carbocycles. The number of nitrogens with one attached hydrogen (secondary N) is 1. The minimum atomic E-state index is -0.541. The fourth-order valence-corrected chi connectivity index (χ4v) is 1.48. The van der Waals surface area contributed by atoms with Gasteiger partial charge < -0.3 is 5.32 Å². The summed E-state index contributed by atoms with van der Waals surface area (Å²) in [6.45, 7) is 1.98. The van der Waals surface area contributed by atoms with E-state index in [-0.39, 0.29) is 22.6 Å². The van der Waals surface area contributed by atoms with Gasteiger partial charge in [-0.05, 0) is 6.42 Å². The SMILES string of the molecule is C#CC(CCC)Nc1ncc(Cl)cc1[N+](=O)[O-]. The molecule has 0 aliphatic carbocycles. The first-order chi connectivity index (χ1) is 8.08. The molecule has 0 aliphatic heterocycles. The van der Waals surface area contributed by atoms with Crippen molar-refractivity contribution in [3.8, 4) is 12.3 Å². The summed E-state index contributed by atoms with van der Waals surface area (Å²) in [4.78, 5) is 14.2. The number of pyridine rings is 1. The molecule has 6 heteroatoms. The molecule has 1 N–H and O–H groups in total. The molecule has 0 fully saturated rings. The molecule has 0 aliphatic rings. The standard InChI is InChI=1S/C11H12ClN3O2/c1-3-5-9(4-2)14-11-10(15(16)17)6-8(12)7-13-11/h2,6-7,9H,3,5H2,1H3,(H,13,14). The van der Waals surface area contributed by atoms with Crippen molar-refractivity contribution in [3.05, 3.63) is 27.4 Å². The third-order valence-electron chi connectivity index (χ3n) is 2.12. The number of nitrogens with zero attached hydrogens (tertiary/aromatic N) is 2. The monoisotopic (exact) mass is 253 g/mol. The van der Waals surface area contributed by atoms with Gasteiger partial charge in [-0.15, -0.1) is 6.42 Å². The van der Waals surface area contributed by atoms with Gasteiger partial charge in [-0.25, -0.2) is 4.98 Å². The molecule has 1 heterocycles. The van der Waals surface area contributed by atoms with Crippen molar-refractivity contribution < 1.29 is 4.92 Å². The first kappa shape index (κ1) is 13.3. The first-order valence-corrected chi connectivity index (χ1v) is 5.48. The smallest absolute Gasteiger partial charge is 0.312 e. The Morgan fingerprint density at radius 2 is 2.47 bits per heavy atom. The minimum absolute atomic E-state index is 0.149. The van der Waals surface area contributed by atoms with Gasteiger partial charge in [0.15, 0.2) is 0 Å². The maximum Gasteiger partial charge on any atom is 0.312 e. The van der Waals surface area contributed by atoms with Crippen LogP contribution in [0.25, 0.3) is 0 Å². The quantitative estimate of drug-likeness (QED) is 0.498. The highest BCUT2D eigenvalue weighted by Crippen LogP contribution is 2.25. The highest BCUT2D eigenvalue weighted by Gasteiger charge is 2.18. The molecule has 1 rings (SSSR count). The van der Waals surface area contributed by atoms with Crippen LogP contribution in [0.5, 0.6) is 0 Å². The second-order valence-electron chi connectivity index (χ2n) is 3.43. The second-order valence-corrected chi connectivity index (χ2v) is 3.87. The third-order valence-corrected chi connectivity index (χ3v) is 2.33. The van der Waals surface area contributed by atoms with Crippen molar-refractivity contribution in [1.29, 1.82) is 0 Å². The van der Waals surface area contributed by atoms with Crippen molar-refractivity contribution in [2.75, 3.05) is 5.32 Å². The molecule has 5 nitrogen and oxygen atoms in total. The predicted molar refractivity (Wildman–Crippen MR) is 67.1 cm³/mol. The lowest BCUT2D eigenvalue weighted by Gasteiger charge is -2.12. The summed E-state index contributed by atoms with van der Waals surface area (Å²) in [6, 6.07) is 0.975. The lowest BCUT2D eigenvalue weighted by molar-refractivity contribution is -0.384. The zero-order valence-corrected chi connectivity index (χ0v) is 10.1. The van der Waals surface area contributed by atoms with E-state index >= 15 is 0 Å². The van der Waals surface area contributed by atoms with Crippen LogP contribution in [0.4, 0.5) is 11.5 Å². The molecule has 0 amide bonds. The van der Waals surface area contributed by atoms with E-state index in [0.717, 1.165) is 12.8 Å². The first-order valence-electron chi connectivity index (χ1n) is 5.11. The molecule has 0 radical (unpaired) electrons. The Morgan fingerprint density at radius 3 is 3.00 bits per heavy atom. The van der Waals surface area contributed by atoms with Gasteiger partial charge in [-0.3, -0.25) is 10.1 Å². The topological polar surface area (TPSA) is 68.1 Å². The van der Waals surface area contributed by atoms with E-state index in [1.807, 2.05) is 6.92 Å². The molecule has 0 spiro atoms. The molecular formula is C11H12ClN3O2. The molecule has 1 aromatic rings. The number of nitro groups is 1. The number of terminal acetylenes is 1. The van der Waals surface area contributed by atoms with E-state index in [4.69, 9.17) is 18.0 Å². The van der Waals surface area contributed by atoms with Crippen molar-refractivity contribution in [3.63, 3.8) is 0 Å². The van der Waals surface area contributed by atoms with E-state index in [2.05, 4.69) is 16.2 Å². The summed E-state index contributed by atoms with van der Waals surface area (Å²) < 4.78 is 0. The van der Waals surface area contributed by atoms with E-state index < -0.39 is 4.92 Å². The molecule has 90 valence electrons. The summed E-state index contributed by atoms with van der Waals surface area (Å²) in [5.41, 5.74) is -0.172. The molecule has 1 aromatic heterocycles. The van der Waals surface area contributed by atoms with Crippen molar-refractivity contribution >= 4 is 23.1 Å². The summed E-state index contributed by atoms with van der Waals surface area (Å²) in [5, 5.41) is 13.9. The van der Waals surface area contributed by atoms with Crippen LogP contribution in [0.2, 0.25) is 5.02 Å². The van der Waals surface area contributed by atoms with Gasteiger partial charge >= 0.3 is 5.69 Å². The van der Waals surface area contributed by atoms with E-state index in [1.54, 1.807) is 0 Å². The number of aromatic nitrogens is 1. The zero-order chi connectivity index (χ0) is 12.8. The van der Waals surface area contributed by atoms with E-state index in [9.17, 15) is 10.1 Å². The van der Waals surface area contributed by atoms with Gasteiger partial charge in [0.2, 0.25) is 5.82 Å². The number of anilines is 1. The maximum absolute atomic E-state index is 10.8. The van der Waals surface area contributed by atoms with Gasteiger partial charge in [0.1, 0.15) is 0 Å². The molecule has 1 unspecified atom stereocenters. The lowest BCUT2D eigenvalue weighted by Crippen LogP contribution is -2.18.